The second kappa shape index (κ2) is 3.80. The molecular weight excluding hydrogens is 228 g/mol. The third kappa shape index (κ3) is 1.44. The quantitative estimate of drug-likeness (QED) is 0.704. The van der Waals surface area contributed by atoms with E-state index in [9.17, 15) is 4.79 Å². The van der Waals surface area contributed by atoms with Crippen molar-refractivity contribution in [1.82, 2.24) is 19.6 Å². The van der Waals surface area contributed by atoms with E-state index in [-0.39, 0.29) is 5.56 Å². The Morgan fingerprint density at radius 2 is 2.00 bits per heavy atom. The number of fused-ring (bicyclic) bond motifs is 1. The van der Waals surface area contributed by atoms with E-state index in [1.165, 1.54) is 10.8 Å². The Bertz CT molecular complexity index is 785. The first-order valence-corrected chi connectivity index (χ1v) is 5.67. The lowest BCUT2D eigenvalue weighted by Gasteiger charge is -2.07. The van der Waals surface area contributed by atoms with Crippen molar-refractivity contribution in [3.8, 4) is 11.1 Å². The van der Waals surface area contributed by atoms with Crippen molar-refractivity contribution in [1.29, 1.82) is 0 Å². The van der Waals surface area contributed by atoms with Gasteiger partial charge in [-0.3, -0.25) is 9.89 Å². The van der Waals surface area contributed by atoms with E-state index in [2.05, 4.69) is 15.1 Å². The van der Waals surface area contributed by atoms with Gasteiger partial charge in [0.05, 0.1) is 11.3 Å². The summed E-state index contributed by atoms with van der Waals surface area (Å²) in [6, 6.07) is 7.79. The fourth-order valence-corrected chi connectivity index (χ4v) is 2.12. The van der Waals surface area contributed by atoms with Crippen molar-refractivity contribution in [3.63, 3.8) is 0 Å². The van der Waals surface area contributed by atoms with Crippen LogP contribution in [0.2, 0.25) is 0 Å². The molecule has 0 aliphatic carbocycles. The molecule has 0 unspecified atom stereocenters. The minimum atomic E-state index is -0.121. The van der Waals surface area contributed by atoms with Gasteiger partial charge in [0.25, 0.3) is 11.3 Å². The van der Waals surface area contributed by atoms with Gasteiger partial charge in [0.1, 0.15) is 6.33 Å². The zero-order chi connectivity index (χ0) is 12.7. The Balaban J connectivity index is 2.43. The molecule has 18 heavy (non-hydrogen) atoms. The zero-order valence-corrected chi connectivity index (χ0v) is 10.1. The number of hydrogen-bond acceptors (Lipinski definition) is 3. The number of hydrogen-bond donors (Lipinski definition) is 1. The third-order valence-electron chi connectivity index (χ3n) is 3.03. The first-order valence-electron chi connectivity index (χ1n) is 5.67. The van der Waals surface area contributed by atoms with Crippen molar-refractivity contribution in [2.24, 2.45) is 0 Å². The molecule has 0 atom stereocenters. The molecule has 0 aliphatic heterocycles. The number of nitrogens with zero attached hydrogens (tertiary/aromatic N) is 3. The summed E-state index contributed by atoms with van der Waals surface area (Å²) < 4.78 is 1.36. The molecule has 90 valence electrons. The number of H-pyrrole nitrogens is 1. The molecule has 2 heterocycles. The Kier molecular flexibility index (Phi) is 2.26. The summed E-state index contributed by atoms with van der Waals surface area (Å²) in [5.41, 5.74) is 3.16. The first-order chi connectivity index (χ1) is 8.68. The van der Waals surface area contributed by atoms with E-state index in [1.807, 2.05) is 38.1 Å². The SMILES string of the molecule is Cc1ccccc1-c1c(C)nc2nc[nH]n2c1=O. The molecule has 5 heteroatoms. The lowest BCUT2D eigenvalue weighted by atomic mass is 10.0. The summed E-state index contributed by atoms with van der Waals surface area (Å²) in [6.45, 7) is 3.81. The van der Waals surface area contributed by atoms with Crippen LogP contribution in [0.25, 0.3) is 16.9 Å². The van der Waals surface area contributed by atoms with Gasteiger partial charge in [-0.2, -0.15) is 4.52 Å². The van der Waals surface area contributed by atoms with Gasteiger partial charge in [-0.1, -0.05) is 24.3 Å². The van der Waals surface area contributed by atoms with E-state index in [4.69, 9.17) is 0 Å². The largest absolute Gasteiger partial charge is 0.282 e. The second-order valence-corrected chi connectivity index (χ2v) is 4.21. The molecular formula is C13H12N4O. The molecule has 0 radical (unpaired) electrons. The van der Waals surface area contributed by atoms with Gasteiger partial charge >= 0.3 is 0 Å². The number of aromatic nitrogens is 4. The standard InChI is InChI=1S/C13H12N4O/c1-8-5-3-4-6-10(8)11-9(2)16-13-14-7-15-17(13)12(11)18/h3-7H,1-2H3,(H,14,15,16). The van der Waals surface area contributed by atoms with Crippen molar-refractivity contribution >= 4 is 5.78 Å². The number of aryl methyl sites for hydroxylation is 2. The topological polar surface area (TPSA) is 63.1 Å². The Morgan fingerprint density at radius 1 is 1.22 bits per heavy atom. The van der Waals surface area contributed by atoms with E-state index in [0.29, 0.717) is 17.0 Å². The highest BCUT2D eigenvalue weighted by Crippen LogP contribution is 2.22. The average Bonchev–Trinajstić information content (AvgIpc) is 2.79. The summed E-state index contributed by atoms with van der Waals surface area (Å²) in [4.78, 5) is 20.7. The van der Waals surface area contributed by atoms with E-state index < -0.39 is 0 Å². The monoisotopic (exact) mass is 240 g/mol. The maximum absolute atomic E-state index is 12.4. The average molecular weight is 240 g/mol. The van der Waals surface area contributed by atoms with Gasteiger partial charge in [0.2, 0.25) is 0 Å². The molecule has 0 aliphatic rings. The molecule has 3 rings (SSSR count). The van der Waals surface area contributed by atoms with Crippen LogP contribution >= 0.6 is 0 Å². The smallest absolute Gasteiger partial charge is 0.278 e. The number of rotatable bonds is 1. The highest BCUT2D eigenvalue weighted by molar-refractivity contribution is 5.69. The number of benzene rings is 1. The molecule has 0 amide bonds. The van der Waals surface area contributed by atoms with Crippen LogP contribution in [0.1, 0.15) is 11.3 Å². The predicted molar refractivity (Wildman–Crippen MR) is 68.5 cm³/mol. The van der Waals surface area contributed by atoms with Crippen molar-refractivity contribution in [3.05, 3.63) is 52.2 Å². The molecule has 0 fully saturated rings. The minimum absolute atomic E-state index is 0.121. The summed E-state index contributed by atoms with van der Waals surface area (Å²) >= 11 is 0. The lowest BCUT2D eigenvalue weighted by Crippen LogP contribution is -2.19. The minimum Gasteiger partial charge on any atom is -0.278 e. The summed E-state index contributed by atoms with van der Waals surface area (Å²) in [6.07, 6.45) is 1.46. The van der Waals surface area contributed by atoms with Crippen LogP contribution < -0.4 is 5.56 Å². The van der Waals surface area contributed by atoms with Crippen LogP contribution in [0.5, 0.6) is 0 Å². The first kappa shape index (κ1) is 10.7. The number of nitrogens with one attached hydrogen (secondary N) is 1. The maximum atomic E-state index is 12.4. The maximum Gasteiger partial charge on any atom is 0.282 e. The van der Waals surface area contributed by atoms with E-state index in [1.54, 1.807) is 0 Å². The van der Waals surface area contributed by atoms with E-state index >= 15 is 0 Å². The Morgan fingerprint density at radius 3 is 2.78 bits per heavy atom. The third-order valence-corrected chi connectivity index (χ3v) is 3.03. The molecule has 0 spiro atoms. The molecule has 1 N–H and O–H groups in total. The highest BCUT2D eigenvalue weighted by atomic mass is 16.1. The van der Waals surface area contributed by atoms with Crippen LogP contribution in [0.15, 0.2) is 35.4 Å². The van der Waals surface area contributed by atoms with Crippen LogP contribution in [-0.4, -0.2) is 19.6 Å². The zero-order valence-electron chi connectivity index (χ0n) is 10.1. The molecule has 0 saturated carbocycles. The van der Waals surface area contributed by atoms with Gasteiger partial charge in [0, 0.05) is 0 Å². The highest BCUT2D eigenvalue weighted by Gasteiger charge is 2.14. The summed E-state index contributed by atoms with van der Waals surface area (Å²) in [5, 5.41) is 2.78. The molecule has 2 aromatic heterocycles. The Labute approximate surface area is 103 Å². The van der Waals surface area contributed by atoms with Crippen LogP contribution in [0.4, 0.5) is 0 Å². The van der Waals surface area contributed by atoms with Crippen LogP contribution in [-0.2, 0) is 0 Å². The predicted octanol–water partition coefficient (Wildman–Crippen LogP) is 1.70. The van der Waals surface area contributed by atoms with Crippen molar-refractivity contribution in [2.45, 2.75) is 13.8 Å². The second-order valence-electron chi connectivity index (χ2n) is 4.21. The Hall–Kier alpha value is -2.43. The van der Waals surface area contributed by atoms with Crippen molar-refractivity contribution in [2.75, 3.05) is 0 Å². The van der Waals surface area contributed by atoms with Crippen LogP contribution in [0, 0.1) is 13.8 Å². The molecule has 0 saturated heterocycles. The van der Waals surface area contributed by atoms with Gasteiger partial charge in [-0.15, -0.1) is 0 Å². The van der Waals surface area contributed by atoms with Gasteiger partial charge < -0.3 is 0 Å². The summed E-state index contributed by atoms with van der Waals surface area (Å²) in [7, 11) is 0. The summed E-state index contributed by atoms with van der Waals surface area (Å²) in [5.74, 6) is 0.398. The van der Waals surface area contributed by atoms with Crippen molar-refractivity contribution < 1.29 is 0 Å². The molecule has 3 aromatic rings. The fourth-order valence-electron chi connectivity index (χ4n) is 2.12. The molecule has 0 bridgehead atoms. The lowest BCUT2D eigenvalue weighted by molar-refractivity contribution is 0.892. The van der Waals surface area contributed by atoms with Gasteiger partial charge in [-0.05, 0) is 25.0 Å². The molecule has 1 aromatic carbocycles. The fraction of sp³-hybridized carbons (Fsp3) is 0.154. The number of aromatic amines is 1. The van der Waals surface area contributed by atoms with E-state index in [0.717, 1.165) is 11.1 Å². The van der Waals surface area contributed by atoms with Gasteiger partial charge in [-0.25, -0.2) is 9.97 Å². The normalized spacial score (nSPS) is 11.0. The molecule has 5 nitrogen and oxygen atoms in total. The van der Waals surface area contributed by atoms with Gasteiger partial charge in [0.15, 0.2) is 0 Å². The van der Waals surface area contributed by atoms with Crippen LogP contribution in [0.3, 0.4) is 0 Å².